The first-order valence-electron chi connectivity index (χ1n) is 11.1. The number of carbonyl (C=O) groups excluding carboxylic acids is 1. The third-order valence-electron chi connectivity index (χ3n) is 6.29. The smallest absolute Gasteiger partial charge is 0.416 e. The van der Waals surface area contributed by atoms with Gasteiger partial charge in [0.15, 0.2) is 11.5 Å². The average molecular weight is 475 g/mol. The Morgan fingerprint density at radius 1 is 1.15 bits per heavy atom. The molecule has 10 heteroatoms. The lowest BCUT2D eigenvalue weighted by atomic mass is 10.0. The number of amides is 1. The van der Waals surface area contributed by atoms with Crippen molar-refractivity contribution < 1.29 is 32.2 Å². The number of rotatable bonds is 4. The Bertz CT molecular complexity index is 1200. The monoisotopic (exact) mass is 475 g/mol. The van der Waals surface area contributed by atoms with Gasteiger partial charge in [0.1, 0.15) is 19.0 Å². The zero-order chi connectivity index (χ0) is 23.9. The second kappa shape index (κ2) is 8.83. The SMILES string of the molecule is COCc1nc2cc(C(F)(F)F)ccc2n1C1CCN(C(=O)[C@H]2COc3ccccc3O2)CC1. The third kappa shape index (κ3) is 4.18. The normalized spacial score (nSPS) is 18.9. The summed E-state index contributed by atoms with van der Waals surface area (Å²) in [6.07, 6.45) is -3.86. The lowest BCUT2D eigenvalue weighted by Crippen LogP contribution is -2.49. The average Bonchev–Trinajstić information content (AvgIpc) is 3.20. The molecule has 1 atom stereocenters. The zero-order valence-corrected chi connectivity index (χ0v) is 18.5. The molecule has 0 aliphatic carbocycles. The number of likely N-dealkylation sites (tertiary alicyclic amines) is 1. The van der Waals surface area contributed by atoms with E-state index < -0.39 is 17.8 Å². The van der Waals surface area contributed by atoms with E-state index in [0.29, 0.717) is 48.8 Å². The molecular formula is C24H24F3N3O4. The van der Waals surface area contributed by atoms with Crippen LogP contribution in [0.15, 0.2) is 42.5 Å². The van der Waals surface area contributed by atoms with E-state index in [1.807, 2.05) is 16.7 Å². The summed E-state index contributed by atoms with van der Waals surface area (Å²) in [5.41, 5.74) is 0.183. The number of piperidine rings is 1. The summed E-state index contributed by atoms with van der Waals surface area (Å²) in [5, 5.41) is 0. The molecular weight excluding hydrogens is 451 g/mol. The molecule has 1 amide bonds. The Labute approximate surface area is 194 Å². The van der Waals surface area contributed by atoms with Crippen LogP contribution < -0.4 is 9.47 Å². The van der Waals surface area contributed by atoms with Crippen LogP contribution in [0.25, 0.3) is 11.0 Å². The van der Waals surface area contributed by atoms with Gasteiger partial charge in [-0.15, -0.1) is 0 Å². The number of para-hydroxylation sites is 2. The minimum absolute atomic E-state index is 0.0137. The van der Waals surface area contributed by atoms with Crippen molar-refractivity contribution in [1.29, 1.82) is 0 Å². The Morgan fingerprint density at radius 3 is 2.59 bits per heavy atom. The number of methoxy groups -OCH3 is 1. The molecule has 0 bridgehead atoms. The maximum absolute atomic E-state index is 13.2. The lowest BCUT2D eigenvalue weighted by Gasteiger charge is -2.36. The van der Waals surface area contributed by atoms with Gasteiger partial charge in [0, 0.05) is 26.2 Å². The lowest BCUT2D eigenvalue weighted by molar-refractivity contribution is -0.142. The number of hydrogen-bond donors (Lipinski definition) is 0. The van der Waals surface area contributed by atoms with Crippen molar-refractivity contribution >= 4 is 16.9 Å². The van der Waals surface area contributed by atoms with Crippen molar-refractivity contribution in [3.63, 3.8) is 0 Å². The molecule has 3 aromatic rings. The van der Waals surface area contributed by atoms with Crippen LogP contribution in [0.5, 0.6) is 11.5 Å². The van der Waals surface area contributed by atoms with Crippen molar-refractivity contribution in [3.05, 3.63) is 53.9 Å². The van der Waals surface area contributed by atoms with E-state index in [1.54, 1.807) is 17.0 Å². The highest BCUT2D eigenvalue weighted by Gasteiger charge is 2.35. The van der Waals surface area contributed by atoms with Crippen LogP contribution in [-0.2, 0) is 22.3 Å². The Balaban J connectivity index is 1.32. The molecule has 0 unspecified atom stereocenters. The zero-order valence-electron chi connectivity index (χ0n) is 18.5. The molecule has 34 heavy (non-hydrogen) atoms. The fraction of sp³-hybridized carbons (Fsp3) is 0.417. The summed E-state index contributed by atoms with van der Waals surface area (Å²) in [6.45, 7) is 1.33. The van der Waals surface area contributed by atoms with Gasteiger partial charge in [0.25, 0.3) is 5.91 Å². The van der Waals surface area contributed by atoms with Gasteiger partial charge in [-0.05, 0) is 43.2 Å². The van der Waals surface area contributed by atoms with E-state index in [9.17, 15) is 18.0 Å². The summed E-state index contributed by atoms with van der Waals surface area (Å²) in [6, 6.07) is 10.8. The fourth-order valence-electron chi connectivity index (χ4n) is 4.65. The van der Waals surface area contributed by atoms with Gasteiger partial charge >= 0.3 is 6.18 Å². The highest BCUT2D eigenvalue weighted by atomic mass is 19.4. The molecule has 0 N–H and O–H groups in total. The standard InChI is InChI=1S/C24H24F3N3O4/c1-32-14-22-28-17-12-15(24(25,26)27)6-7-18(17)30(22)16-8-10-29(11-9-16)23(31)21-13-33-19-4-2-3-5-20(19)34-21/h2-7,12,16,21H,8-11,13-14H2,1H3/t21-/m1/s1. The predicted molar refractivity (Wildman–Crippen MR) is 117 cm³/mol. The van der Waals surface area contributed by atoms with E-state index in [0.717, 1.165) is 12.1 Å². The molecule has 7 nitrogen and oxygen atoms in total. The van der Waals surface area contributed by atoms with Gasteiger partial charge in [-0.1, -0.05) is 12.1 Å². The largest absolute Gasteiger partial charge is 0.485 e. The second-order valence-electron chi connectivity index (χ2n) is 8.45. The van der Waals surface area contributed by atoms with Crippen molar-refractivity contribution in [2.24, 2.45) is 0 Å². The van der Waals surface area contributed by atoms with Gasteiger partial charge in [0.2, 0.25) is 6.10 Å². The Hall–Kier alpha value is -3.27. The molecule has 2 aliphatic rings. The third-order valence-corrected chi connectivity index (χ3v) is 6.29. The maximum Gasteiger partial charge on any atom is 0.416 e. The Kier molecular flexibility index (Phi) is 5.85. The van der Waals surface area contributed by atoms with Gasteiger partial charge in [-0.2, -0.15) is 13.2 Å². The van der Waals surface area contributed by atoms with Crippen LogP contribution in [-0.4, -0.2) is 53.3 Å². The molecule has 5 rings (SSSR count). The first kappa shape index (κ1) is 22.5. The first-order chi connectivity index (χ1) is 16.3. The van der Waals surface area contributed by atoms with Crippen LogP contribution in [0, 0.1) is 0 Å². The predicted octanol–water partition coefficient (Wildman–Crippen LogP) is 4.21. The highest BCUT2D eigenvalue weighted by molar-refractivity contribution is 5.82. The fourth-order valence-corrected chi connectivity index (χ4v) is 4.65. The van der Waals surface area contributed by atoms with Crippen LogP contribution >= 0.6 is 0 Å². The van der Waals surface area contributed by atoms with Crippen LogP contribution in [0.2, 0.25) is 0 Å². The minimum atomic E-state index is -4.43. The minimum Gasteiger partial charge on any atom is -0.485 e. The van der Waals surface area contributed by atoms with Crippen molar-refractivity contribution in [1.82, 2.24) is 14.5 Å². The molecule has 3 heterocycles. The number of nitrogens with zero attached hydrogens (tertiary/aromatic N) is 3. The molecule has 1 aromatic heterocycles. The number of aromatic nitrogens is 2. The molecule has 2 aromatic carbocycles. The van der Waals surface area contributed by atoms with Crippen LogP contribution in [0.4, 0.5) is 13.2 Å². The maximum atomic E-state index is 13.2. The number of ether oxygens (including phenoxy) is 3. The number of benzene rings is 2. The summed E-state index contributed by atoms with van der Waals surface area (Å²) < 4.78 is 58.2. The number of imidazole rings is 1. The van der Waals surface area contributed by atoms with Crippen molar-refractivity contribution in [2.75, 3.05) is 26.8 Å². The summed E-state index contributed by atoms with van der Waals surface area (Å²) >= 11 is 0. The van der Waals surface area contributed by atoms with Crippen LogP contribution in [0.1, 0.15) is 30.3 Å². The van der Waals surface area contributed by atoms with Crippen LogP contribution in [0.3, 0.4) is 0 Å². The number of carbonyl (C=O) groups is 1. The van der Waals surface area contributed by atoms with E-state index in [-0.39, 0.29) is 30.7 Å². The van der Waals surface area contributed by atoms with Crippen molar-refractivity contribution in [3.8, 4) is 11.5 Å². The summed E-state index contributed by atoms with van der Waals surface area (Å²) in [5.74, 6) is 1.61. The highest BCUT2D eigenvalue weighted by Crippen LogP contribution is 2.35. The summed E-state index contributed by atoms with van der Waals surface area (Å²) in [4.78, 5) is 19.2. The van der Waals surface area contributed by atoms with Gasteiger partial charge < -0.3 is 23.7 Å². The number of halogens is 3. The topological polar surface area (TPSA) is 65.8 Å². The molecule has 1 saturated heterocycles. The van der Waals surface area contributed by atoms with Gasteiger partial charge in [-0.25, -0.2) is 4.98 Å². The molecule has 0 radical (unpaired) electrons. The first-order valence-corrected chi connectivity index (χ1v) is 11.1. The molecule has 0 saturated carbocycles. The molecule has 1 fully saturated rings. The molecule has 0 spiro atoms. The van der Waals surface area contributed by atoms with Gasteiger partial charge in [-0.3, -0.25) is 4.79 Å². The van der Waals surface area contributed by atoms with Gasteiger partial charge in [0.05, 0.1) is 16.6 Å². The number of alkyl halides is 3. The Morgan fingerprint density at radius 2 is 1.88 bits per heavy atom. The number of hydrogen-bond acceptors (Lipinski definition) is 5. The quantitative estimate of drug-likeness (QED) is 0.566. The molecule has 180 valence electrons. The second-order valence-corrected chi connectivity index (χ2v) is 8.45. The van der Waals surface area contributed by atoms with Crippen molar-refractivity contribution in [2.45, 2.75) is 37.8 Å². The molecule has 2 aliphatic heterocycles. The number of fused-ring (bicyclic) bond motifs is 2. The van der Waals surface area contributed by atoms with E-state index in [1.165, 1.54) is 13.2 Å². The van der Waals surface area contributed by atoms with E-state index in [2.05, 4.69) is 4.98 Å². The van der Waals surface area contributed by atoms with E-state index in [4.69, 9.17) is 14.2 Å². The van der Waals surface area contributed by atoms with E-state index >= 15 is 0 Å². The summed E-state index contributed by atoms with van der Waals surface area (Å²) in [7, 11) is 1.52.